The van der Waals surface area contributed by atoms with Gasteiger partial charge in [0.1, 0.15) is 0 Å². The molecule has 0 saturated carbocycles. The monoisotopic (exact) mass is 415 g/mol. The minimum atomic E-state index is -3.79. The van der Waals surface area contributed by atoms with Gasteiger partial charge in [0, 0.05) is 13.0 Å². The Bertz CT molecular complexity index is 1180. The van der Waals surface area contributed by atoms with Crippen LogP contribution in [0.1, 0.15) is 18.4 Å². The number of sulfonamides is 1. The van der Waals surface area contributed by atoms with Crippen molar-refractivity contribution in [3.63, 3.8) is 0 Å². The first-order chi connectivity index (χ1) is 13.4. The number of aryl methyl sites for hydroxylation is 1. The number of fused-ring (bicyclic) bond motifs is 1. The van der Waals surface area contributed by atoms with Gasteiger partial charge in [-0.05, 0) is 36.6 Å². The Balaban J connectivity index is 1.86. The Hall–Kier alpha value is -2.55. The molecule has 2 aromatic carbocycles. The molecule has 0 fully saturated rings. The normalized spacial score (nSPS) is 12.4. The summed E-state index contributed by atoms with van der Waals surface area (Å²) in [4.78, 5) is 17.2. The molecule has 1 aromatic heterocycles. The van der Waals surface area contributed by atoms with Crippen LogP contribution >= 0.6 is 11.3 Å². The van der Waals surface area contributed by atoms with Gasteiger partial charge in [0.2, 0.25) is 15.9 Å². The average Bonchev–Trinajstić information content (AvgIpc) is 2.99. The van der Waals surface area contributed by atoms with Crippen molar-refractivity contribution in [3.8, 4) is 0 Å². The number of hydrogen-bond donors (Lipinski definition) is 1. The molecule has 8 heteroatoms. The van der Waals surface area contributed by atoms with E-state index in [2.05, 4.69) is 11.6 Å². The van der Waals surface area contributed by atoms with Crippen molar-refractivity contribution in [2.75, 3.05) is 0 Å². The van der Waals surface area contributed by atoms with Crippen molar-refractivity contribution in [2.24, 2.45) is 10.1 Å². The minimum Gasteiger partial charge on any atom is -0.313 e. The summed E-state index contributed by atoms with van der Waals surface area (Å²) in [6.45, 7) is 4.21. The zero-order chi connectivity index (χ0) is 20.1. The van der Waals surface area contributed by atoms with E-state index in [1.54, 1.807) is 12.1 Å². The van der Waals surface area contributed by atoms with E-state index >= 15 is 0 Å². The summed E-state index contributed by atoms with van der Waals surface area (Å²) in [7, 11) is -3.79. The second kappa shape index (κ2) is 8.64. The van der Waals surface area contributed by atoms with Gasteiger partial charge in [-0.2, -0.15) is 4.99 Å². The van der Waals surface area contributed by atoms with Crippen LogP contribution in [0.2, 0.25) is 0 Å². The number of aromatic nitrogens is 1. The Morgan fingerprint density at radius 3 is 2.64 bits per heavy atom. The van der Waals surface area contributed by atoms with Crippen LogP contribution in [0, 0.1) is 0 Å². The van der Waals surface area contributed by atoms with Crippen molar-refractivity contribution >= 4 is 37.5 Å². The Morgan fingerprint density at radius 2 is 1.96 bits per heavy atom. The summed E-state index contributed by atoms with van der Waals surface area (Å²) in [6, 6.07) is 14.6. The molecule has 2 N–H and O–H groups in total. The smallest absolute Gasteiger partial charge is 0.248 e. The third kappa shape index (κ3) is 4.83. The highest BCUT2D eigenvalue weighted by Crippen LogP contribution is 2.21. The second-order valence-corrected chi connectivity index (χ2v) is 8.87. The third-order valence-corrected chi connectivity index (χ3v) is 6.17. The van der Waals surface area contributed by atoms with Crippen molar-refractivity contribution in [1.29, 1.82) is 0 Å². The lowest BCUT2D eigenvalue weighted by atomic mass is 10.1. The van der Waals surface area contributed by atoms with Gasteiger partial charge >= 0.3 is 0 Å². The highest BCUT2D eigenvalue weighted by molar-refractivity contribution is 7.89. The van der Waals surface area contributed by atoms with Crippen LogP contribution < -0.4 is 9.94 Å². The number of thiazole rings is 1. The quantitative estimate of drug-likeness (QED) is 0.601. The molecule has 6 nitrogen and oxygen atoms in total. The van der Waals surface area contributed by atoms with Gasteiger partial charge in [-0.15, -0.1) is 6.58 Å². The topological polar surface area (TPSA) is 94.5 Å². The van der Waals surface area contributed by atoms with Gasteiger partial charge in [0.05, 0.1) is 15.1 Å². The van der Waals surface area contributed by atoms with Crippen LogP contribution in [0.4, 0.5) is 0 Å². The number of carbonyl (C=O) groups excluding carboxylic acids is 1. The fraction of sp³-hybridized carbons (Fsp3) is 0.200. The summed E-state index contributed by atoms with van der Waals surface area (Å²) in [6.07, 6.45) is 3.59. The van der Waals surface area contributed by atoms with E-state index in [-0.39, 0.29) is 10.8 Å². The van der Waals surface area contributed by atoms with Crippen molar-refractivity contribution in [2.45, 2.75) is 30.7 Å². The molecule has 0 unspecified atom stereocenters. The molecule has 3 rings (SSSR count). The SMILES string of the molecule is C=CCn1c(=NC(=O)CCCc2ccccc2)sc2cc(S(N)(=O)=O)ccc21. The van der Waals surface area contributed by atoms with Crippen molar-refractivity contribution in [3.05, 3.63) is 71.6 Å². The van der Waals surface area contributed by atoms with E-state index < -0.39 is 10.0 Å². The van der Waals surface area contributed by atoms with E-state index in [1.807, 2.05) is 34.9 Å². The van der Waals surface area contributed by atoms with Gasteiger partial charge in [-0.3, -0.25) is 4.79 Å². The van der Waals surface area contributed by atoms with E-state index in [0.717, 1.165) is 11.9 Å². The summed E-state index contributed by atoms with van der Waals surface area (Å²) in [5.74, 6) is -0.202. The first-order valence-corrected chi connectivity index (χ1v) is 11.1. The van der Waals surface area contributed by atoms with E-state index in [0.29, 0.717) is 28.9 Å². The van der Waals surface area contributed by atoms with Crippen molar-refractivity contribution < 1.29 is 13.2 Å². The fourth-order valence-electron chi connectivity index (χ4n) is 2.87. The Morgan fingerprint density at radius 1 is 1.21 bits per heavy atom. The first-order valence-electron chi connectivity index (χ1n) is 8.77. The lowest BCUT2D eigenvalue weighted by Crippen LogP contribution is -2.16. The largest absolute Gasteiger partial charge is 0.313 e. The highest BCUT2D eigenvalue weighted by atomic mass is 32.2. The summed E-state index contributed by atoms with van der Waals surface area (Å²) in [5, 5.41) is 5.21. The van der Waals surface area contributed by atoms with Crippen LogP contribution in [0.15, 0.2) is 71.1 Å². The number of hydrogen-bond acceptors (Lipinski definition) is 4. The Kier molecular flexibility index (Phi) is 6.23. The fourth-order valence-corrected chi connectivity index (χ4v) is 4.58. The first kappa shape index (κ1) is 20.2. The lowest BCUT2D eigenvalue weighted by molar-refractivity contribution is -0.118. The maximum atomic E-state index is 12.3. The molecule has 0 radical (unpaired) electrons. The van der Waals surface area contributed by atoms with Gasteiger partial charge in [-0.25, -0.2) is 13.6 Å². The molecule has 0 atom stereocenters. The molecule has 28 heavy (non-hydrogen) atoms. The lowest BCUT2D eigenvalue weighted by Gasteiger charge is -2.02. The molecule has 0 saturated heterocycles. The van der Waals surface area contributed by atoms with E-state index in [1.165, 1.54) is 29.0 Å². The maximum absolute atomic E-state index is 12.3. The molecule has 0 spiro atoms. The highest BCUT2D eigenvalue weighted by Gasteiger charge is 2.12. The predicted molar refractivity (Wildman–Crippen MR) is 111 cm³/mol. The maximum Gasteiger partial charge on any atom is 0.248 e. The summed E-state index contributed by atoms with van der Waals surface area (Å²) < 4.78 is 25.7. The van der Waals surface area contributed by atoms with Crippen LogP contribution in [-0.2, 0) is 27.8 Å². The number of amides is 1. The van der Waals surface area contributed by atoms with Crippen LogP contribution in [-0.4, -0.2) is 18.9 Å². The molecular weight excluding hydrogens is 394 g/mol. The zero-order valence-corrected chi connectivity index (χ0v) is 16.9. The van der Waals surface area contributed by atoms with Crippen LogP contribution in [0.5, 0.6) is 0 Å². The van der Waals surface area contributed by atoms with Crippen LogP contribution in [0.25, 0.3) is 10.2 Å². The average molecular weight is 416 g/mol. The molecule has 1 amide bonds. The predicted octanol–water partition coefficient (Wildman–Crippen LogP) is 2.99. The van der Waals surface area contributed by atoms with Gasteiger partial charge in [0.25, 0.3) is 0 Å². The second-order valence-electron chi connectivity index (χ2n) is 6.30. The number of primary sulfonamides is 1. The van der Waals surface area contributed by atoms with E-state index in [9.17, 15) is 13.2 Å². The summed E-state index contributed by atoms with van der Waals surface area (Å²) >= 11 is 1.26. The van der Waals surface area contributed by atoms with Crippen LogP contribution in [0.3, 0.4) is 0 Å². The molecular formula is C20H21N3O3S2. The Labute approximate surface area is 167 Å². The third-order valence-electron chi connectivity index (χ3n) is 4.21. The molecule has 0 aliphatic carbocycles. The number of nitrogens with zero attached hydrogens (tertiary/aromatic N) is 2. The summed E-state index contributed by atoms with van der Waals surface area (Å²) in [5.41, 5.74) is 1.97. The van der Waals surface area contributed by atoms with Gasteiger partial charge < -0.3 is 4.57 Å². The molecule has 1 heterocycles. The van der Waals surface area contributed by atoms with E-state index in [4.69, 9.17) is 5.14 Å². The molecule has 3 aromatic rings. The molecule has 0 bridgehead atoms. The number of benzene rings is 2. The molecule has 146 valence electrons. The number of allylic oxidation sites excluding steroid dienone is 1. The standard InChI is InChI=1S/C20H21N3O3S2/c1-2-13-23-17-12-11-16(28(21,25)26)14-18(17)27-20(23)22-19(24)10-6-9-15-7-4-3-5-8-15/h2-5,7-8,11-12,14H,1,6,9-10,13H2,(H2,21,25,26). The van der Waals surface area contributed by atoms with Gasteiger partial charge in [0.15, 0.2) is 4.80 Å². The molecule has 0 aliphatic heterocycles. The van der Waals surface area contributed by atoms with Crippen molar-refractivity contribution in [1.82, 2.24) is 4.57 Å². The zero-order valence-electron chi connectivity index (χ0n) is 15.2. The number of carbonyl (C=O) groups is 1. The van der Waals surface area contributed by atoms with Gasteiger partial charge in [-0.1, -0.05) is 47.7 Å². The number of rotatable bonds is 7. The molecule has 0 aliphatic rings. The number of nitrogens with two attached hydrogens (primary N) is 1. The minimum absolute atomic E-state index is 0.0349.